The van der Waals surface area contributed by atoms with Crippen molar-refractivity contribution in [2.75, 3.05) is 19.6 Å². The normalized spacial score (nSPS) is 20.4. The van der Waals surface area contributed by atoms with E-state index in [4.69, 9.17) is 9.47 Å². The van der Waals surface area contributed by atoms with Crippen LogP contribution in [0.5, 0.6) is 0 Å². The average Bonchev–Trinajstić information content (AvgIpc) is 3.11. The average molecular weight is 606 g/mol. The molecule has 234 valence electrons. The molecule has 2 amide bonds. The summed E-state index contributed by atoms with van der Waals surface area (Å²) in [7, 11) is 0. The lowest BCUT2D eigenvalue weighted by Crippen LogP contribution is -2.41. The van der Waals surface area contributed by atoms with Crippen molar-refractivity contribution < 1.29 is 19.4 Å². The minimum Gasteiger partial charge on any atom is -0.392 e. The van der Waals surface area contributed by atoms with Gasteiger partial charge in [0.1, 0.15) is 0 Å². The number of ether oxygens (including phenoxy) is 2. The molecule has 2 saturated heterocycles. The molecule has 2 heterocycles. The molecule has 2 aliphatic heterocycles. The topological polar surface area (TPSA) is 83.1 Å². The molecule has 0 aromatic heterocycles. The number of amides is 2. The molecule has 45 heavy (non-hydrogen) atoms. The van der Waals surface area contributed by atoms with E-state index in [0.717, 1.165) is 65.0 Å². The van der Waals surface area contributed by atoms with E-state index in [1.54, 1.807) is 0 Å². The molecule has 3 N–H and O–H groups in total. The maximum absolute atomic E-state index is 12.5. The molecule has 4 aromatic carbocycles. The molecule has 2 aliphatic rings. The van der Waals surface area contributed by atoms with Gasteiger partial charge in [0.25, 0.3) is 0 Å². The standard InChI is InChI=1S/C38H43N3O4/c42-27-29-13-15-31(16-14-29)36-23-34(26-41-21-7-2-8-22-41)44-37(45-36)32-19-17-30(18-20-32)35-12-6-5-11-33(35)25-40-38(43)39-24-28-9-3-1-4-10-28/h1,3-6,9-20,34,36-37,42H,2,7-8,21-27H2,(H2,39,40,43)/t34-,36+,37+/m1/s1. The minimum atomic E-state index is -0.477. The van der Waals surface area contributed by atoms with Gasteiger partial charge in [-0.3, -0.25) is 0 Å². The van der Waals surface area contributed by atoms with Crippen LogP contribution in [-0.4, -0.2) is 41.8 Å². The molecular weight excluding hydrogens is 562 g/mol. The monoisotopic (exact) mass is 605 g/mol. The van der Waals surface area contributed by atoms with Crippen LogP contribution in [0.2, 0.25) is 0 Å². The van der Waals surface area contributed by atoms with Gasteiger partial charge in [-0.25, -0.2) is 4.79 Å². The van der Waals surface area contributed by atoms with Crippen LogP contribution in [0.3, 0.4) is 0 Å². The summed E-state index contributed by atoms with van der Waals surface area (Å²) in [6.45, 7) is 4.08. The van der Waals surface area contributed by atoms with Gasteiger partial charge in [-0.15, -0.1) is 0 Å². The van der Waals surface area contributed by atoms with E-state index < -0.39 is 6.29 Å². The Morgan fingerprint density at radius 3 is 2.18 bits per heavy atom. The fourth-order valence-corrected chi connectivity index (χ4v) is 6.26. The van der Waals surface area contributed by atoms with E-state index in [0.29, 0.717) is 13.1 Å². The zero-order chi connectivity index (χ0) is 30.8. The second-order valence-electron chi connectivity index (χ2n) is 12.0. The predicted octanol–water partition coefficient (Wildman–Crippen LogP) is 6.88. The third-order valence-corrected chi connectivity index (χ3v) is 8.77. The molecular formula is C38H43N3O4. The number of aliphatic hydroxyl groups is 1. The first-order valence-electron chi connectivity index (χ1n) is 16.1. The Bertz CT molecular complexity index is 1500. The maximum atomic E-state index is 12.5. The third-order valence-electron chi connectivity index (χ3n) is 8.77. The Labute approximate surface area is 266 Å². The number of benzene rings is 4. The van der Waals surface area contributed by atoms with Crippen molar-refractivity contribution in [3.05, 3.63) is 131 Å². The smallest absolute Gasteiger partial charge is 0.315 e. The number of hydrogen-bond acceptors (Lipinski definition) is 5. The molecule has 0 bridgehead atoms. The van der Waals surface area contributed by atoms with Crippen molar-refractivity contribution in [3.63, 3.8) is 0 Å². The molecule has 0 unspecified atom stereocenters. The summed E-state index contributed by atoms with van der Waals surface area (Å²) in [4.78, 5) is 15.0. The number of nitrogens with zero attached hydrogens (tertiary/aromatic N) is 1. The number of likely N-dealkylation sites (tertiary alicyclic amines) is 1. The predicted molar refractivity (Wildman–Crippen MR) is 176 cm³/mol. The largest absolute Gasteiger partial charge is 0.392 e. The number of aliphatic hydroxyl groups excluding tert-OH is 1. The van der Waals surface area contributed by atoms with Crippen molar-refractivity contribution in [2.24, 2.45) is 0 Å². The SMILES string of the molecule is O=C(NCc1ccccc1)NCc1ccccc1-c1ccc([C@H]2O[C@@H](CN3CCCCC3)C[C@@H](c3ccc(CO)cc3)O2)cc1. The van der Waals surface area contributed by atoms with Crippen LogP contribution in [-0.2, 0) is 29.2 Å². The highest BCUT2D eigenvalue weighted by molar-refractivity contribution is 5.75. The molecule has 0 radical (unpaired) electrons. The number of piperidine rings is 1. The van der Waals surface area contributed by atoms with Crippen molar-refractivity contribution in [2.45, 2.75) is 63.9 Å². The number of carbonyl (C=O) groups is 1. The van der Waals surface area contributed by atoms with Gasteiger partial charge in [0.2, 0.25) is 0 Å². The highest BCUT2D eigenvalue weighted by Crippen LogP contribution is 2.39. The van der Waals surface area contributed by atoms with Gasteiger partial charge >= 0.3 is 6.03 Å². The Kier molecular flexibility index (Phi) is 10.6. The van der Waals surface area contributed by atoms with Gasteiger partial charge in [-0.2, -0.15) is 0 Å². The van der Waals surface area contributed by atoms with Gasteiger partial charge < -0.3 is 30.1 Å². The van der Waals surface area contributed by atoms with Crippen LogP contribution < -0.4 is 10.6 Å². The molecule has 0 spiro atoms. The number of urea groups is 1. The Morgan fingerprint density at radius 2 is 1.42 bits per heavy atom. The van der Waals surface area contributed by atoms with Gasteiger partial charge in [0, 0.05) is 31.6 Å². The first kappa shape index (κ1) is 31.0. The van der Waals surface area contributed by atoms with Crippen molar-refractivity contribution in [3.8, 4) is 11.1 Å². The van der Waals surface area contributed by atoms with E-state index in [2.05, 4.69) is 58.0 Å². The summed E-state index contributed by atoms with van der Waals surface area (Å²) in [5, 5.41) is 15.4. The van der Waals surface area contributed by atoms with E-state index in [1.165, 1.54) is 19.3 Å². The first-order chi connectivity index (χ1) is 22.1. The van der Waals surface area contributed by atoms with E-state index in [-0.39, 0.29) is 24.8 Å². The van der Waals surface area contributed by atoms with E-state index in [9.17, 15) is 9.90 Å². The second-order valence-corrected chi connectivity index (χ2v) is 12.0. The zero-order valence-electron chi connectivity index (χ0n) is 25.7. The number of hydrogen-bond donors (Lipinski definition) is 3. The Hall–Kier alpha value is -4.01. The van der Waals surface area contributed by atoms with Gasteiger partial charge in [-0.05, 0) is 59.3 Å². The fraction of sp³-hybridized carbons (Fsp3) is 0.342. The molecule has 0 saturated carbocycles. The number of nitrogens with one attached hydrogen (secondary N) is 2. The Morgan fingerprint density at radius 1 is 0.733 bits per heavy atom. The summed E-state index contributed by atoms with van der Waals surface area (Å²) in [5.41, 5.74) is 7.22. The highest BCUT2D eigenvalue weighted by Gasteiger charge is 2.33. The minimum absolute atomic E-state index is 0.0299. The highest BCUT2D eigenvalue weighted by atomic mass is 16.7. The van der Waals surface area contributed by atoms with Gasteiger partial charge in [0.05, 0.1) is 18.8 Å². The quantitative estimate of drug-likeness (QED) is 0.184. The molecule has 7 nitrogen and oxygen atoms in total. The molecule has 7 heteroatoms. The fourth-order valence-electron chi connectivity index (χ4n) is 6.26. The summed E-state index contributed by atoms with van der Waals surface area (Å²) < 4.78 is 13.2. The van der Waals surface area contributed by atoms with Crippen LogP contribution in [0.4, 0.5) is 4.79 Å². The van der Waals surface area contributed by atoms with Crippen LogP contribution >= 0.6 is 0 Å². The van der Waals surface area contributed by atoms with Crippen molar-refractivity contribution in [1.29, 1.82) is 0 Å². The molecule has 2 fully saturated rings. The molecule has 6 rings (SSSR count). The summed E-state index contributed by atoms with van der Waals surface area (Å²) >= 11 is 0. The zero-order valence-corrected chi connectivity index (χ0v) is 25.7. The maximum Gasteiger partial charge on any atom is 0.315 e. The van der Waals surface area contributed by atoms with E-state index >= 15 is 0 Å². The molecule has 0 aliphatic carbocycles. The summed E-state index contributed by atoms with van der Waals surface area (Å²) in [5.74, 6) is 0. The lowest BCUT2D eigenvalue weighted by Gasteiger charge is -2.39. The summed E-state index contributed by atoms with van der Waals surface area (Å²) in [6.07, 6.45) is 4.08. The van der Waals surface area contributed by atoms with Crippen LogP contribution in [0.15, 0.2) is 103 Å². The lowest BCUT2D eigenvalue weighted by atomic mass is 9.97. The van der Waals surface area contributed by atoms with Crippen molar-refractivity contribution >= 4 is 6.03 Å². The molecule has 4 aromatic rings. The van der Waals surface area contributed by atoms with Crippen molar-refractivity contribution in [1.82, 2.24) is 15.5 Å². The number of rotatable bonds is 10. The summed E-state index contributed by atoms with van der Waals surface area (Å²) in [6, 6.07) is 34.3. The third kappa shape index (κ3) is 8.38. The Balaban J connectivity index is 1.14. The van der Waals surface area contributed by atoms with Gasteiger partial charge in [0.15, 0.2) is 6.29 Å². The lowest BCUT2D eigenvalue weighted by molar-refractivity contribution is -0.253. The van der Waals surface area contributed by atoms with Gasteiger partial charge in [-0.1, -0.05) is 110 Å². The van der Waals surface area contributed by atoms with Crippen LogP contribution in [0.25, 0.3) is 11.1 Å². The van der Waals surface area contributed by atoms with Crippen LogP contribution in [0, 0.1) is 0 Å². The molecule has 3 atom stereocenters. The van der Waals surface area contributed by atoms with E-state index in [1.807, 2.05) is 60.7 Å². The number of carbonyl (C=O) groups excluding carboxylic acids is 1. The van der Waals surface area contributed by atoms with Crippen LogP contribution in [0.1, 0.15) is 65.9 Å². The second kappa shape index (κ2) is 15.3. The first-order valence-corrected chi connectivity index (χ1v) is 16.1.